The molecular formula is C17H29N2O4S+. The molecule has 6 nitrogen and oxygen atoms in total. The van der Waals surface area contributed by atoms with Crippen molar-refractivity contribution in [2.45, 2.75) is 32.2 Å². The standard InChI is InChI=1S/C17H28N2O4S/c1-17(2,11-14-24(21,22)13-8-12-19(3)4)18-23-16(20)15-9-6-5-7-10-15/h5-7,9-10,18H,8,11-14H2,1-4H3/p+1. The number of hydrogen-bond donors (Lipinski definition) is 2. The molecule has 0 saturated carbocycles. The molecule has 24 heavy (non-hydrogen) atoms. The third kappa shape index (κ3) is 8.42. The SMILES string of the molecule is C[NH+](C)CCCS(=O)(=O)CCC(C)(C)NOC(=O)c1ccccc1. The normalized spacial score (nSPS) is 12.4. The van der Waals surface area contributed by atoms with Crippen LogP contribution in [0.5, 0.6) is 0 Å². The highest BCUT2D eigenvalue weighted by molar-refractivity contribution is 7.91. The van der Waals surface area contributed by atoms with Gasteiger partial charge in [-0.1, -0.05) is 18.2 Å². The first-order valence-electron chi connectivity index (χ1n) is 8.14. The van der Waals surface area contributed by atoms with Gasteiger partial charge in [-0.3, -0.25) is 0 Å². The maximum Gasteiger partial charge on any atom is 0.356 e. The van der Waals surface area contributed by atoms with Crippen LogP contribution in [0.15, 0.2) is 30.3 Å². The van der Waals surface area contributed by atoms with E-state index in [0.29, 0.717) is 18.4 Å². The first-order chi connectivity index (χ1) is 11.1. The minimum Gasteiger partial charge on any atom is -0.366 e. The molecule has 1 aromatic carbocycles. The van der Waals surface area contributed by atoms with E-state index < -0.39 is 21.3 Å². The van der Waals surface area contributed by atoms with Gasteiger partial charge in [0.2, 0.25) is 0 Å². The molecule has 1 rings (SSSR count). The van der Waals surface area contributed by atoms with Crippen molar-refractivity contribution in [1.82, 2.24) is 5.48 Å². The Hall–Kier alpha value is -1.44. The Morgan fingerprint density at radius 3 is 2.38 bits per heavy atom. The van der Waals surface area contributed by atoms with Gasteiger partial charge in [-0.25, -0.2) is 13.2 Å². The fourth-order valence-electron chi connectivity index (χ4n) is 2.03. The molecule has 0 fully saturated rings. The van der Waals surface area contributed by atoms with Crippen LogP contribution in [-0.4, -0.2) is 52.1 Å². The minimum atomic E-state index is -3.09. The van der Waals surface area contributed by atoms with Gasteiger partial charge < -0.3 is 9.74 Å². The van der Waals surface area contributed by atoms with Crippen molar-refractivity contribution in [1.29, 1.82) is 0 Å². The van der Waals surface area contributed by atoms with Gasteiger partial charge in [-0.2, -0.15) is 0 Å². The molecular weight excluding hydrogens is 328 g/mol. The van der Waals surface area contributed by atoms with Gasteiger partial charge in [0.25, 0.3) is 0 Å². The lowest BCUT2D eigenvalue weighted by Crippen LogP contribution is -3.05. The van der Waals surface area contributed by atoms with Gasteiger partial charge in [0, 0.05) is 12.0 Å². The number of carbonyl (C=O) groups is 1. The molecule has 2 N–H and O–H groups in total. The van der Waals surface area contributed by atoms with Gasteiger partial charge in [0.05, 0.1) is 37.7 Å². The molecule has 136 valence electrons. The second-order valence-electron chi connectivity index (χ2n) is 6.95. The fraction of sp³-hybridized carbons (Fsp3) is 0.588. The summed E-state index contributed by atoms with van der Waals surface area (Å²) in [4.78, 5) is 18.2. The van der Waals surface area contributed by atoms with Crippen molar-refractivity contribution in [2.75, 3.05) is 32.1 Å². The summed E-state index contributed by atoms with van der Waals surface area (Å²) >= 11 is 0. The minimum absolute atomic E-state index is 0.0681. The molecule has 0 heterocycles. The smallest absolute Gasteiger partial charge is 0.356 e. The van der Waals surface area contributed by atoms with Crippen LogP contribution >= 0.6 is 0 Å². The summed E-state index contributed by atoms with van der Waals surface area (Å²) in [5.41, 5.74) is 2.51. The Balaban J connectivity index is 2.41. The van der Waals surface area contributed by atoms with E-state index in [0.717, 1.165) is 6.54 Å². The molecule has 1 aromatic rings. The number of rotatable bonds is 10. The molecule has 0 unspecified atom stereocenters. The summed E-state index contributed by atoms with van der Waals surface area (Å²) in [6.45, 7) is 4.45. The number of hydroxylamine groups is 1. The van der Waals surface area contributed by atoms with E-state index in [1.165, 1.54) is 4.90 Å². The van der Waals surface area contributed by atoms with Crippen LogP contribution in [0.25, 0.3) is 0 Å². The summed E-state index contributed by atoms with van der Waals surface area (Å²) in [6.07, 6.45) is 1.02. The average Bonchev–Trinajstić information content (AvgIpc) is 2.51. The monoisotopic (exact) mass is 357 g/mol. The van der Waals surface area contributed by atoms with Crippen LogP contribution in [0, 0.1) is 0 Å². The molecule has 0 aliphatic carbocycles. The van der Waals surface area contributed by atoms with Crippen LogP contribution in [-0.2, 0) is 14.7 Å². The molecule has 0 amide bonds. The maximum absolute atomic E-state index is 12.1. The number of carbonyl (C=O) groups excluding carboxylic acids is 1. The molecule has 0 aromatic heterocycles. The highest BCUT2D eigenvalue weighted by Gasteiger charge is 2.24. The zero-order chi connectivity index (χ0) is 18.2. The largest absolute Gasteiger partial charge is 0.366 e. The van der Waals surface area contributed by atoms with Crippen LogP contribution in [0.3, 0.4) is 0 Å². The van der Waals surface area contributed by atoms with E-state index in [9.17, 15) is 13.2 Å². The van der Waals surface area contributed by atoms with Crippen LogP contribution in [0.1, 0.15) is 37.0 Å². The molecule has 0 aliphatic heterocycles. The zero-order valence-electron chi connectivity index (χ0n) is 15.0. The molecule has 7 heteroatoms. The van der Waals surface area contributed by atoms with Crippen LogP contribution < -0.4 is 10.4 Å². The van der Waals surface area contributed by atoms with Crippen molar-refractivity contribution in [3.8, 4) is 0 Å². The predicted molar refractivity (Wildman–Crippen MR) is 94.6 cm³/mol. The average molecular weight is 357 g/mol. The van der Waals surface area contributed by atoms with Gasteiger partial charge in [-0.15, -0.1) is 5.48 Å². The van der Waals surface area contributed by atoms with Crippen molar-refractivity contribution < 1.29 is 22.9 Å². The molecule has 0 spiro atoms. The van der Waals surface area contributed by atoms with Gasteiger partial charge in [0.15, 0.2) is 9.84 Å². The lowest BCUT2D eigenvalue weighted by molar-refractivity contribution is -0.858. The van der Waals surface area contributed by atoms with Crippen molar-refractivity contribution in [3.05, 3.63) is 35.9 Å². The number of hydrogen-bond acceptors (Lipinski definition) is 5. The summed E-state index contributed by atoms with van der Waals surface area (Å²) in [6, 6.07) is 8.65. The van der Waals surface area contributed by atoms with Crippen LogP contribution in [0.4, 0.5) is 0 Å². The number of nitrogens with one attached hydrogen (secondary N) is 2. The van der Waals surface area contributed by atoms with E-state index in [4.69, 9.17) is 4.84 Å². The third-order valence-corrected chi connectivity index (χ3v) is 5.34. The maximum atomic E-state index is 12.1. The summed E-state index contributed by atoms with van der Waals surface area (Å²) in [5, 5.41) is 0. The summed E-state index contributed by atoms with van der Waals surface area (Å²) < 4.78 is 24.1. The first-order valence-corrected chi connectivity index (χ1v) is 9.96. The van der Waals surface area contributed by atoms with E-state index >= 15 is 0 Å². The molecule has 0 saturated heterocycles. The molecule has 0 aliphatic rings. The Labute approximate surface area is 145 Å². The number of benzene rings is 1. The molecule has 0 atom stereocenters. The second kappa shape index (κ2) is 9.15. The quantitative estimate of drug-likeness (QED) is 0.595. The first kappa shape index (κ1) is 20.6. The highest BCUT2D eigenvalue weighted by atomic mass is 32.2. The van der Waals surface area contributed by atoms with Gasteiger partial charge in [-0.05, 0) is 32.4 Å². The Morgan fingerprint density at radius 1 is 1.17 bits per heavy atom. The zero-order valence-corrected chi connectivity index (χ0v) is 15.8. The third-order valence-electron chi connectivity index (χ3n) is 3.60. The molecule has 0 bridgehead atoms. The van der Waals surface area contributed by atoms with Crippen molar-refractivity contribution >= 4 is 15.8 Å². The number of sulfone groups is 1. The Morgan fingerprint density at radius 2 is 1.79 bits per heavy atom. The topological polar surface area (TPSA) is 76.9 Å². The van der Waals surface area contributed by atoms with Crippen molar-refractivity contribution in [2.24, 2.45) is 0 Å². The van der Waals surface area contributed by atoms with E-state index in [1.807, 2.05) is 34.0 Å². The lowest BCUT2D eigenvalue weighted by Gasteiger charge is -2.25. The molecule has 0 radical (unpaired) electrons. The summed E-state index contributed by atoms with van der Waals surface area (Å²) in [7, 11) is 0.906. The van der Waals surface area contributed by atoms with E-state index in [-0.39, 0.29) is 11.5 Å². The summed E-state index contributed by atoms with van der Waals surface area (Å²) in [5.74, 6) is -0.225. The fourth-order valence-corrected chi connectivity index (χ4v) is 3.64. The van der Waals surface area contributed by atoms with Crippen LogP contribution in [0.2, 0.25) is 0 Å². The second-order valence-corrected chi connectivity index (χ2v) is 9.26. The highest BCUT2D eigenvalue weighted by Crippen LogP contribution is 2.12. The van der Waals surface area contributed by atoms with Crippen molar-refractivity contribution in [3.63, 3.8) is 0 Å². The van der Waals surface area contributed by atoms with Gasteiger partial charge in [0.1, 0.15) is 0 Å². The van der Waals surface area contributed by atoms with E-state index in [2.05, 4.69) is 5.48 Å². The number of quaternary nitrogens is 1. The predicted octanol–water partition coefficient (Wildman–Crippen LogP) is 0.466. The van der Waals surface area contributed by atoms with E-state index in [1.54, 1.807) is 24.3 Å². The van der Waals surface area contributed by atoms with Gasteiger partial charge >= 0.3 is 5.97 Å². The lowest BCUT2D eigenvalue weighted by atomic mass is 10.0. The Kier molecular flexibility index (Phi) is 7.86. The Bertz CT molecular complexity index is 613.